The summed E-state index contributed by atoms with van der Waals surface area (Å²) in [6, 6.07) is 0. The summed E-state index contributed by atoms with van der Waals surface area (Å²) in [6.45, 7) is 5.00. The van der Waals surface area contributed by atoms with Crippen molar-refractivity contribution < 1.29 is 14.6 Å². The average Bonchev–Trinajstić information content (AvgIpc) is 2.27. The Morgan fingerprint density at radius 3 is 2.50 bits per heavy atom. The van der Waals surface area contributed by atoms with Crippen LogP contribution in [0.2, 0.25) is 0 Å². The summed E-state index contributed by atoms with van der Waals surface area (Å²) in [7, 11) is 0. The number of carbonyl (C=O) groups is 1. The van der Waals surface area contributed by atoms with Crippen molar-refractivity contribution in [1.29, 1.82) is 0 Å². The number of aromatic amines is 1. The van der Waals surface area contributed by atoms with Gasteiger partial charge in [-0.15, -0.1) is 0 Å². The SMILES string of the molecule is CC(C)(C)OC(=O)n1c(O)c[nH]c1=O. The van der Waals surface area contributed by atoms with Crippen molar-refractivity contribution in [2.24, 2.45) is 0 Å². The molecule has 1 rings (SSSR count). The molecule has 6 nitrogen and oxygen atoms in total. The zero-order chi connectivity index (χ0) is 10.9. The number of aromatic hydroxyl groups is 1. The maximum Gasteiger partial charge on any atom is 0.425 e. The summed E-state index contributed by atoms with van der Waals surface area (Å²) in [4.78, 5) is 24.5. The van der Waals surface area contributed by atoms with E-state index < -0.39 is 23.3 Å². The summed E-state index contributed by atoms with van der Waals surface area (Å²) < 4.78 is 5.41. The van der Waals surface area contributed by atoms with Gasteiger partial charge in [0.1, 0.15) is 5.60 Å². The molecule has 1 heterocycles. The molecule has 0 aliphatic carbocycles. The Balaban J connectivity index is 2.96. The number of H-pyrrole nitrogens is 1. The van der Waals surface area contributed by atoms with Crippen LogP contribution in [0.4, 0.5) is 4.79 Å². The normalized spacial score (nSPS) is 11.4. The third kappa shape index (κ3) is 2.15. The minimum atomic E-state index is -0.902. The van der Waals surface area contributed by atoms with E-state index in [1.165, 1.54) is 0 Å². The van der Waals surface area contributed by atoms with Crippen molar-refractivity contribution in [2.75, 3.05) is 0 Å². The molecule has 0 amide bonds. The molecule has 0 unspecified atom stereocenters. The third-order valence-corrected chi connectivity index (χ3v) is 1.33. The molecule has 1 aromatic rings. The van der Waals surface area contributed by atoms with Crippen LogP contribution in [-0.4, -0.2) is 26.4 Å². The molecule has 0 aromatic carbocycles. The fourth-order valence-electron chi connectivity index (χ4n) is 0.843. The number of carbonyl (C=O) groups excluding carboxylic acids is 1. The second-order valence-electron chi connectivity index (χ2n) is 3.77. The van der Waals surface area contributed by atoms with Crippen LogP contribution in [0, 0.1) is 0 Å². The van der Waals surface area contributed by atoms with Crippen molar-refractivity contribution in [3.63, 3.8) is 0 Å². The predicted molar refractivity (Wildman–Crippen MR) is 48.3 cm³/mol. The Morgan fingerprint density at radius 2 is 2.14 bits per heavy atom. The summed E-state index contributed by atoms with van der Waals surface area (Å²) in [6.07, 6.45) is 0.118. The average molecular weight is 200 g/mol. The van der Waals surface area contributed by atoms with Gasteiger partial charge in [-0.3, -0.25) is 0 Å². The lowest BCUT2D eigenvalue weighted by atomic mass is 10.2. The van der Waals surface area contributed by atoms with Crippen molar-refractivity contribution in [3.05, 3.63) is 16.7 Å². The van der Waals surface area contributed by atoms with Crippen LogP contribution >= 0.6 is 0 Å². The summed E-state index contributed by atoms with van der Waals surface area (Å²) in [5.74, 6) is -0.468. The fourth-order valence-corrected chi connectivity index (χ4v) is 0.843. The lowest BCUT2D eigenvalue weighted by molar-refractivity contribution is 0.0519. The monoisotopic (exact) mass is 200 g/mol. The van der Waals surface area contributed by atoms with Gasteiger partial charge >= 0.3 is 11.8 Å². The van der Waals surface area contributed by atoms with Gasteiger partial charge in [-0.25, -0.2) is 9.59 Å². The van der Waals surface area contributed by atoms with E-state index in [4.69, 9.17) is 9.84 Å². The highest BCUT2D eigenvalue weighted by Crippen LogP contribution is 2.11. The minimum Gasteiger partial charge on any atom is -0.493 e. The highest BCUT2D eigenvalue weighted by molar-refractivity contribution is 5.72. The molecule has 0 spiro atoms. The molecule has 0 radical (unpaired) electrons. The van der Waals surface area contributed by atoms with Gasteiger partial charge in [0, 0.05) is 0 Å². The van der Waals surface area contributed by atoms with Crippen LogP contribution in [0.25, 0.3) is 0 Å². The van der Waals surface area contributed by atoms with Crippen LogP contribution in [0.15, 0.2) is 11.0 Å². The van der Waals surface area contributed by atoms with Crippen molar-refractivity contribution in [3.8, 4) is 5.88 Å². The number of ether oxygens (including phenoxy) is 1. The fraction of sp³-hybridized carbons (Fsp3) is 0.500. The largest absolute Gasteiger partial charge is 0.493 e. The zero-order valence-electron chi connectivity index (χ0n) is 8.20. The zero-order valence-corrected chi connectivity index (χ0v) is 8.20. The van der Waals surface area contributed by atoms with E-state index in [0.717, 1.165) is 6.20 Å². The predicted octanol–water partition coefficient (Wildman–Crippen LogP) is 0.665. The molecule has 0 saturated carbocycles. The van der Waals surface area contributed by atoms with Crippen LogP contribution in [0.1, 0.15) is 20.8 Å². The number of imidazole rings is 1. The molecule has 0 fully saturated rings. The van der Waals surface area contributed by atoms with E-state index in [0.29, 0.717) is 4.57 Å². The summed E-state index contributed by atoms with van der Waals surface area (Å²) in [5, 5.41) is 9.13. The van der Waals surface area contributed by atoms with Crippen LogP contribution in [-0.2, 0) is 4.74 Å². The molecule has 0 aliphatic heterocycles. The van der Waals surface area contributed by atoms with Crippen molar-refractivity contribution in [1.82, 2.24) is 9.55 Å². The second kappa shape index (κ2) is 3.21. The van der Waals surface area contributed by atoms with E-state index in [2.05, 4.69) is 4.98 Å². The molecule has 0 bridgehead atoms. The first-order valence-electron chi connectivity index (χ1n) is 4.04. The van der Waals surface area contributed by atoms with Gasteiger partial charge in [-0.1, -0.05) is 0 Å². The topological polar surface area (TPSA) is 84.3 Å². The minimum absolute atomic E-state index is 0.468. The molecule has 1 aromatic heterocycles. The van der Waals surface area contributed by atoms with Crippen LogP contribution in [0.5, 0.6) is 5.88 Å². The number of nitrogens with zero attached hydrogens (tertiary/aromatic N) is 1. The van der Waals surface area contributed by atoms with Crippen LogP contribution in [0.3, 0.4) is 0 Å². The Kier molecular flexibility index (Phi) is 2.37. The van der Waals surface area contributed by atoms with E-state index in [1.807, 2.05) is 0 Å². The van der Waals surface area contributed by atoms with E-state index in [1.54, 1.807) is 20.8 Å². The number of hydrogen-bond donors (Lipinski definition) is 2. The van der Waals surface area contributed by atoms with E-state index >= 15 is 0 Å². The quantitative estimate of drug-likeness (QED) is 0.644. The van der Waals surface area contributed by atoms with Crippen molar-refractivity contribution >= 4 is 6.09 Å². The van der Waals surface area contributed by atoms with Gasteiger partial charge in [0.05, 0.1) is 6.20 Å². The highest BCUT2D eigenvalue weighted by Gasteiger charge is 2.21. The second-order valence-corrected chi connectivity index (χ2v) is 3.77. The number of nitrogens with one attached hydrogen (secondary N) is 1. The van der Waals surface area contributed by atoms with Gasteiger partial charge in [-0.05, 0) is 20.8 Å². The van der Waals surface area contributed by atoms with Crippen LogP contribution < -0.4 is 5.69 Å². The summed E-state index contributed by atoms with van der Waals surface area (Å²) >= 11 is 0. The molecular weight excluding hydrogens is 188 g/mol. The molecule has 0 aliphatic rings. The number of aromatic nitrogens is 2. The maximum atomic E-state index is 11.3. The van der Waals surface area contributed by atoms with E-state index in [-0.39, 0.29) is 0 Å². The maximum absolute atomic E-state index is 11.3. The molecule has 78 valence electrons. The first-order valence-corrected chi connectivity index (χ1v) is 4.04. The molecule has 2 N–H and O–H groups in total. The lowest BCUT2D eigenvalue weighted by Crippen LogP contribution is -2.32. The van der Waals surface area contributed by atoms with E-state index in [9.17, 15) is 9.59 Å². The van der Waals surface area contributed by atoms with Crippen molar-refractivity contribution in [2.45, 2.75) is 26.4 Å². The van der Waals surface area contributed by atoms with Gasteiger partial charge < -0.3 is 14.8 Å². The Bertz CT molecular complexity index is 396. The highest BCUT2D eigenvalue weighted by atomic mass is 16.6. The van der Waals surface area contributed by atoms with Gasteiger partial charge in [0.25, 0.3) is 0 Å². The standard InChI is InChI=1S/C8H12N2O4/c1-8(2,3)14-7(13)10-5(11)4-9-6(10)12/h4,11H,1-3H3,(H,9,12). The smallest absolute Gasteiger partial charge is 0.425 e. The van der Waals surface area contributed by atoms with Gasteiger partial charge in [0.15, 0.2) is 0 Å². The Labute approximate surface area is 80.1 Å². The first-order chi connectivity index (χ1) is 6.31. The van der Waals surface area contributed by atoms with Gasteiger partial charge in [-0.2, -0.15) is 4.57 Å². The molecule has 6 heteroatoms. The summed E-state index contributed by atoms with van der Waals surface area (Å²) in [5.41, 5.74) is -1.43. The third-order valence-electron chi connectivity index (χ3n) is 1.33. The molecule has 14 heavy (non-hydrogen) atoms. The Morgan fingerprint density at radius 1 is 1.57 bits per heavy atom. The first kappa shape index (κ1) is 10.4. The Hall–Kier alpha value is -1.72. The number of hydrogen-bond acceptors (Lipinski definition) is 4. The molecule has 0 atom stereocenters. The lowest BCUT2D eigenvalue weighted by Gasteiger charge is -2.18. The van der Waals surface area contributed by atoms with Gasteiger partial charge in [0.2, 0.25) is 5.88 Å². The molecule has 0 saturated heterocycles. The number of rotatable bonds is 0. The molecular formula is C8H12N2O4.